The van der Waals surface area contributed by atoms with E-state index in [1.807, 2.05) is 11.3 Å². The van der Waals surface area contributed by atoms with Gasteiger partial charge < -0.3 is 14.6 Å². The van der Waals surface area contributed by atoms with Gasteiger partial charge in [-0.2, -0.15) is 0 Å². The van der Waals surface area contributed by atoms with Gasteiger partial charge in [-0.25, -0.2) is 0 Å². The van der Waals surface area contributed by atoms with E-state index in [-0.39, 0.29) is 37.9 Å². The molecule has 8 aromatic carbocycles. The predicted molar refractivity (Wildman–Crippen MR) is 351 cm³/mol. The first-order valence-electron chi connectivity index (χ1n) is 30.2. The van der Waals surface area contributed by atoms with Crippen molar-refractivity contribution in [2.75, 3.05) is 10.2 Å². The fraction of sp³-hybridized carbons (Fsp3) is 0.368. The van der Waals surface area contributed by atoms with Crippen LogP contribution >= 0.6 is 11.3 Å². The monoisotopic (exact) mass is 1080 g/mol. The van der Waals surface area contributed by atoms with Crippen LogP contribution < -0.4 is 21.3 Å². The predicted octanol–water partition coefficient (Wildman–Crippen LogP) is 20.8. The summed E-state index contributed by atoms with van der Waals surface area (Å²) in [5, 5.41) is 10.5. The molecule has 3 aliphatic carbocycles. The van der Waals surface area contributed by atoms with Crippen molar-refractivity contribution in [1.29, 1.82) is 0 Å². The molecule has 81 heavy (non-hydrogen) atoms. The maximum atomic E-state index is 7.45. The van der Waals surface area contributed by atoms with Crippen molar-refractivity contribution in [2.45, 2.75) is 180 Å². The van der Waals surface area contributed by atoms with Crippen molar-refractivity contribution < 1.29 is 4.42 Å². The Morgan fingerprint density at radius 1 is 0.481 bits per heavy atom. The van der Waals surface area contributed by atoms with E-state index in [1.165, 1.54) is 111 Å². The average Bonchev–Trinajstić information content (AvgIpc) is 3.39. The third-order valence-corrected chi connectivity index (χ3v) is 21.8. The Bertz CT molecular complexity index is 4280. The molecule has 1 radical (unpaired) electrons. The second kappa shape index (κ2) is 17.5. The second-order valence-corrected chi connectivity index (χ2v) is 31.1. The molecule has 2 aromatic heterocycles. The van der Waals surface area contributed by atoms with E-state index in [0.717, 1.165) is 69.8 Å². The minimum absolute atomic E-state index is 0.0155. The number of fused-ring (bicyclic) bond motifs is 11. The zero-order valence-electron chi connectivity index (χ0n) is 50.8. The summed E-state index contributed by atoms with van der Waals surface area (Å²) in [5.41, 5.74) is 23.8. The van der Waals surface area contributed by atoms with Crippen molar-refractivity contribution in [3.05, 3.63) is 172 Å². The van der Waals surface area contributed by atoms with Crippen molar-refractivity contribution in [3.63, 3.8) is 0 Å². The fourth-order valence-corrected chi connectivity index (χ4v) is 16.2. The van der Waals surface area contributed by atoms with E-state index in [2.05, 4.69) is 255 Å². The van der Waals surface area contributed by atoms with Crippen molar-refractivity contribution in [2.24, 2.45) is 0 Å². The van der Waals surface area contributed by atoms with Crippen LogP contribution in [0.2, 0.25) is 0 Å². The van der Waals surface area contributed by atoms with E-state index in [0.29, 0.717) is 0 Å². The first-order chi connectivity index (χ1) is 38.2. The normalized spacial score (nSPS) is 18.9. The summed E-state index contributed by atoms with van der Waals surface area (Å²) in [6.45, 7) is 36.3. The van der Waals surface area contributed by atoms with Crippen LogP contribution in [0.3, 0.4) is 0 Å². The zero-order valence-corrected chi connectivity index (χ0v) is 51.6. The number of hydrogen-bond acceptors (Lipinski definition) is 4. The summed E-state index contributed by atoms with van der Waals surface area (Å²) in [6, 6.07) is 52.3. The third kappa shape index (κ3) is 8.23. The Balaban J connectivity index is 1.08. The van der Waals surface area contributed by atoms with Gasteiger partial charge in [-0.15, -0.1) is 11.3 Å². The van der Waals surface area contributed by atoms with Gasteiger partial charge in [-0.1, -0.05) is 171 Å². The molecule has 0 spiro atoms. The van der Waals surface area contributed by atoms with Crippen LogP contribution in [0.5, 0.6) is 0 Å². The van der Waals surface area contributed by atoms with Crippen LogP contribution in [0.25, 0.3) is 64.2 Å². The topological polar surface area (TPSA) is 28.4 Å². The Morgan fingerprint density at radius 3 is 1.69 bits per heavy atom. The average molecular weight is 1080 g/mol. The van der Waals surface area contributed by atoms with E-state index in [4.69, 9.17) is 4.42 Å². The highest BCUT2D eigenvalue weighted by Gasteiger charge is 2.43. The smallest absolute Gasteiger partial charge is 0.247 e. The molecule has 0 saturated heterocycles. The van der Waals surface area contributed by atoms with E-state index in [1.54, 1.807) is 0 Å². The summed E-state index contributed by atoms with van der Waals surface area (Å²) in [6.07, 6.45) is 6.99. The van der Waals surface area contributed by atoms with Crippen LogP contribution in [0.15, 0.2) is 138 Å². The Morgan fingerprint density at radius 2 is 1.04 bits per heavy atom. The van der Waals surface area contributed by atoms with Crippen LogP contribution in [-0.2, 0) is 37.9 Å². The quantitative estimate of drug-likeness (QED) is 0.174. The fourth-order valence-electron chi connectivity index (χ4n) is 15.0. The summed E-state index contributed by atoms with van der Waals surface area (Å²) < 4.78 is 10.1. The number of anilines is 5. The van der Waals surface area contributed by atoms with Gasteiger partial charge >= 0.3 is 0 Å². The Hall–Kier alpha value is -6.56. The number of thiophene rings is 1. The maximum absolute atomic E-state index is 7.45. The highest BCUT2D eigenvalue weighted by atomic mass is 32.1. The van der Waals surface area contributed by atoms with E-state index >= 15 is 0 Å². The number of hydrogen-bond donors (Lipinski definition) is 1. The van der Waals surface area contributed by atoms with Crippen molar-refractivity contribution in [3.8, 4) is 22.3 Å². The first kappa shape index (κ1) is 52.5. The van der Waals surface area contributed by atoms with Gasteiger partial charge in [0, 0.05) is 53.7 Å². The molecule has 5 heteroatoms. The van der Waals surface area contributed by atoms with Gasteiger partial charge in [0.05, 0.1) is 17.0 Å². The molecule has 409 valence electrons. The van der Waals surface area contributed by atoms with Crippen molar-refractivity contribution >= 4 is 100 Å². The lowest BCUT2D eigenvalue weighted by molar-refractivity contribution is 0.332. The summed E-state index contributed by atoms with van der Waals surface area (Å²) in [5.74, 6) is 0. The molecular weight excluding hydrogens is 1000 g/mol. The minimum Gasteiger partial charge on any atom is -0.469 e. The van der Waals surface area contributed by atoms with E-state index < -0.39 is 0 Å². The molecule has 0 saturated carbocycles. The number of nitrogens with one attached hydrogen (secondary N) is 1. The Labute approximate surface area is 486 Å². The molecule has 0 fully saturated rings. The van der Waals surface area contributed by atoms with Gasteiger partial charge in [-0.3, -0.25) is 0 Å². The molecule has 3 nitrogen and oxygen atoms in total. The zero-order chi connectivity index (χ0) is 56.7. The molecule has 0 bridgehead atoms. The molecule has 1 aliphatic heterocycles. The summed E-state index contributed by atoms with van der Waals surface area (Å²) >= 11 is 1.96. The minimum atomic E-state index is -0.0612. The van der Waals surface area contributed by atoms with Crippen molar-refractivity contribution in [1.82, 2.24) is 0 Å². The van der Waals surface area contributed by atoms with Crippen LogP contribution in [-0.4, -0.2) is 7.28 Å². The molecule has 14 rings (SSSR count). The van der Waals surface area contributed by atoms with Crippen LogP contribution in [0.4, 0.5) is 28.4 Å². The van der Waals surface area contributed by atoms with Gasteiger partial charge in [0.25, 0.3) is 0 Å². The molecule has 4 aliphatic rings. The number of benzene rings is 8. The molecule has 3 heterocycles. The lowest BCUT2D eigenvalue weighted by Crippen LogP contribution is -2.40. The molecular formula is C76H80BN2OS. The van der Waals surface area contributed by atoms with E-state index in [9.17, 15) is 0 Å². The second-order valence-electron chi connectivity index (χ2n) is 30.0. The lowest BCUT2D eigenvalue weighted by atomic mass is 9.60. The van der Waals surface area contributed by atoms with Crippen LogP contribution in [0, 0.1) is 0 Å². The van der Waals surface area contributed by atoms with Gasteiger partial charge in [0.15, 0.2) is 0 Å². The SMILES string of the molecule is CC(C)(C)c1ccc(N2c3cc4ccccc4c(-c4cc5sc6cc7c(cc6c5cc4Nc4ccc5c(c4)C(C)(C)CCC5(C)C)C(C)(C)CCC7(C)C)c3[B]c3oc4cc5c(cc4c32)C(C)(C)CCC5(C)C)c(-c2ccccc2)c1. The summed E-state index contributed by atoms with van der Waals surface area (Å²) in [4.78, 5) is 2.60. The maximum Gasteiger partial charge on any atom is 0.247 e. The number of rotatable bonds is 5. The molecule has 0 atom stereocenters. The number of furan rings is 1. The third-order valence-electron chi connectivity index (χ3n) is 20.6. The summed E-state index contributed by atoms with van der Waals surface area (Å²) in [7, 11) is 2.41. The van der Waals surface area contributed by atoms with Gasteiger partial charge in [0.1, 0.15) is 5.58 Å². The lowest BCUT2D eigenvalue weighted by Gasteiger charge is -2.42. The molecule has 0 amide bonds. The molecule has 1 N–H and O–H groups in total. The molecule has 0 unspecified atom stereocenters. The van der Waals surface area contributed by atoms with Gasteiger partial charge in [-0.05, 0) is 209 Å². The Kier molecular flexibility index (Phi) is 11.3. The van der Waals surface area contributed by atoms with Crippen LogP contribution in [0.1, 0.15) is 181 Å². The standard InChI is InChI=1S/C76H80BN2OS/c1-70(2,3)46-25-28-61(49(36-46)44-21-17-16-18-22-44)79-62-35-45-23-19-20-24-48(45)66(67(62)77-69-68(79)53-39-57-58(42-63(53)80-69)75(12,13)33-31-74(57,10)11)52-41-64-51(50-38-56-59(43-65(50)81-64)76(14,15)34-32-73(56,8)9)40-60(52)78-47-26-27-54-55(37-47)72(6,7)30-29-71(54,4)5/h16-28,35-43,78H,29-34H2,1-15H3. The largest absolute Gasteiger partial charge is 0.469 e. The highest BCUT2D eigenvalue weighted by molar-refractivity contribution is 7.25. The number of nitrogens with zero attached hydrogens (tertiary/aromatic N) is 1. The highest BCUT2D eigenvalue weighted by Crippen LogP contribution is 2.55. The first-order valence-corrected chi connectivity index (χ1v) is 31.0. The van der Waals surface area contributed by atoms with Gasteiger partial charge in [0.2, 0.25) is 7.28 Å². The molecule has 10 aromatic rings.